The van der Waals surface area contributed by atoms with Crippen molar-refractivity contribution in [1.82, 2.24) is 20.0 Å². The SMILES string of the molecule is CNC(=O)C[C@@H]1CN(C(=O)CC(C)C)Cc2ccnn21. The number of carbonyl (C=O) groups excluding carboxylic acids is 2. The summed E-state index contributed by atoms with van der Waals surface area (Å²) in [5.41, 5.74) is 0.988. The molecule has 1 aromatic heterocycles. The Labute approximate surface area is 119 Å². The highest BCUT2D eigenvalue weighted by Crippen LogP contribution is 2.24. The molecule has 0 spiro atoms. The molecule has 1 atom stereocenters. The summed E-state index contributed by atoms with van der Waals surface area (Å²) in [6.07, 6.45) is 2.61. The van der Waals surface area contributed by atoms with Gasteiger partial charge in [-0.2, -0.15) is 5.10 Å². The highest BCUT2D eigenvalue weighted by Gasteiger charge is 2.29. The summed E-state index contributed by atoms with van der Waals surface area (Å²) >= 11 is 0. The molecule has 1 aliphatic heterocycles. The first-order valence-electron chi connectivity index (χ1n) is 7.02. The van der Waals surface area contributed by atoms with E-state index in [1.807, 2.05) is 29.5 Å². The average Bonchev–Trinajstić information content (AvgIpc) is 2.86. The van der Waals surface area contributed by atoms with Crippen LogP contribution in [-0.4, -0.2) is 40.1 Å². The maximum absolute atomic E-state index is 12.2. The number of rotatable bonds is 4. The van der Waals surface area contributed by atoms with Gasteiger partial charge in [-0.05, 0) is 12.0 Å². The Kier molecular flexibility index (Phi) is 4.42. The molecule has 2 rings (SSSR count). The van der Waals surface area contributed by atoms with Crippen LogP contribution in [0.4, 0.5) is 0 Å². The van der Waals surface area contributed by atoms with Crippen molar-refractivity contribution in [2.75, 3.05) is 13.6 Å². The molecule has 0 radical (unpaired) electrons. The van der Waals surface area contributed by atoms with Crippen molar-refractivity contribution in [2.45, 2.75) is 39.3 Å². The molecule has 20 heavy (non-hydrogen) atoms. The minimum atomic E-state index is -0.0789. The molecule has 6 nitrogen and oxygen atoms in total. The second-order valence-electron chi connectivity index (χ2n) is 5.67. The molecule has 1 aromatic rings. The van der Waals surface area contributed by atoms with Crippen molar-refractivity contribution in [3.63, 3.8) is 0 Å². The molecule has 1 N–H and O–H groups in total. The van der Waals surface area contributed by atoms with Crippen molar-refractivity contribution in [1.29, 1.82) is 0 Å². The van der Waals surface area contributed by atoms with Crippen LogP contribution in [0.15, 0.2) is 12.3 Å². The number of amides is 2. The molecular weight excluding hydrogens is 256 g/mol. The molecule has 110 valence electrons. The van der Waals surface area contributed by atoms with Crippen LogP contribution in [0.3, 0.4) is 0 Å². The maximum atomic E-state index is 12.2. The monoisotopic (exact) mass is 278 g/mol. The largest absolute Gasteiger partial charge is 0.359 e. The molecule has 0 saturated carbocycles. The van der Waals surface area contributed by atoms with Crippen molar-refractivity contribution >= 4 is 11.8 Å². The lowest BCUT2D eigenvalue weighted by Gasteiger charge is -2.34. The number of hydrogen-bond acceptors (Lipinski definition) is 3. The Morgan fingerprint density at radius 3 is 2.90 bits per heavy atom. The minimum absolute atomic E-state index is 0.0328. The van der Waals surface area contributed by atoms with Crippen LogP contribution in [0.5, 0.6) is 0 Å². The van der Waals surface area contributed by atoms with Gasteiger partial charge in [-0.1, -0.05) is 13.8 Å². The minimum Gasteiger partial charge on any atom is -0.359 e. The second-order valence-corrected chi connectivity index (χ2v) is 5.67. The highest BCUT2D eigenvalue weighted by atomic mass is 16.2. The number of nitrogens with one attached hydrogen (secondary N) is 1. The molecule has 0 unspecified atom stereocenters. The number of nitrogens with zero attached hydrogens (tertiary/aromatic N) is 3. The van der Waals surface area contributed by atoms with Gasteiger partial charge in [0.1, 0.15) is 0 Å². The number of hydrogen-bond donors (Lipinski definition) is 1. The third-order valence-corrected chi connectivity index (χ3v) is 3.52. The van der Waals surface area contributed by atoms with Crippen LogP contribution in [0.2, 0.25) is 0 Å². The Morgan fingerprint density at radius 1 is 1.50 bits per heavy atom. The Bertz CT molecular complexity index is 495. The fraction of sp³-hybridized carbons (Fsp3) is 0.643. The van der Waals surface area contributed by atoms with Crippen molar-refractivity contribution in [3.8, 4) is 0 Å². The second kappa shape index (κ2) is 6.07. The summed E-state index contributed by atoms with van der Waals surface area (Å²) < 4.78 is 1.87. The number of carbonyl (C=O) groups is 2. The van der Waals surface area contributed by atoms with Crippen molar-refractivity contribution < 1.29 is 9.59 Å². The van der Waals surface area contributed by atoms with Gasteiger partial charge in [0.2, 0.25) is 11.8 Å². The normalized spacial score (nSPS) is 18.0. The molecule has 6 heteroatoms. The zero-order chi connectivity index (χ0) is 14.7. The summed E-state index contributed by atoms with van der Waals surface area (Å²) in [7, 11) is 1.62. The van der Waals surface area contributed by atoms with Crippen molar-refractivity contribution in [3.05, 3.63) is 18.0 Å². The Morgan fingerprint density at radius 2 is 2.25 bits per heavy atom. The van der Waals surface area contributed by atoms with E-state index in [4.69, 9.17) is 0 Å². The first-order chi connectivity index (χ1) is 9.51. The highest BCUT2D eigenvalue weighted by molar-refractivity contribution is 5.78. The lowest BCUT2D eigenvalue weighted by Crippen LogP contribution is -2.43. The standard InChI is InChI=1S/C14H22N4O2/c1-10(2)6-14(20)17-8-11-4-5-16-18(11)12(9-17)7-13(19)15-3/h4-5,10,12H,6-9H2,1-3H3,(H,15,19)/t12-/m1/s1. The summed E-state index contributed by atoms with van der Waals surface area (Å²) in [4.78, 5) is 25.7. The van der Waals surface area contributed by atoms with E-state index in [0.29, 0.717) is 31.8 Å². The van der Waals surface area contributed by atoms with Crippen LogP contribution in [0, 0.1) is 5.92 Å². The van der Waals surface area contributed by atoms with Gasteiger partial charge < -0.3 is 10.2 Å². The van der Waals surface area contributed by atoms with Crippen LogP contribution >= 0.6 is 0 Å². The predicted molar refractivity (Wildman–Crippen MR) is 74.8 cm³/mol. The van der Waals surface area contributed by atoms with E-state index in [2.05, 4.69) is 10.4 Å². The number of fused-ring (bicyclic) bond motifs is 1. The summed E-state index contributed by atoms with van der Waals surface area (Å²) in [6.45, 7) is 5.20. The van der Waals surface area contributed by atoms with E-state index in [9.17, 15) is 9.59 Å². The van der Waals surface area contributed by atoms with Gasteiger partial charge in [0, 0.05) is 26.2 Å². The first kappa shape index (κ1) is 14.6. The third kappa shape index (κ3) is 3.18. The fourth-order valence-corrected chi connectivity index (χ4v) is 2.52. The fourth-order valence-electron chi connectivity index (χ4n) is 2.52. The van der Waals surface area contributed by atoms with Crippen LogP contribution in [0.25, 0.3) is 0 Å². The van der Waals surface area contributed by atoms with E-state index in [1.54, 1.807) is 13.2 Å². The molecule has 0 fully saturated rings. The molecule has 1 aliphatic rings. The molecule has 0 bridgehead atoms. The van der Waals surface area contributed by atoms with Gasteiger partial charge in [-0.3, -0.25) is 14.3 Å². The van der Waals surface area contributed by atoms with E-state index in [0.717, 1.165) is 5.69 Å². The maximum Gasteiger partial charge on any atom is 0.223 e. The molecule has 2 heterocycles. The molecule has 0 aromatic carbocycles. The predicted octanol–water partition coefficient (Wildman–Crippen LogP) is 0.949. The Balaban J connectivity index is 2.13. The van der Waals surface area contributed by atoms with Gasteiger partial charge in [0.15, 0.2) is 0 Å². The van der Waals surface area contributed by atoms with E-state index >= 15 is 0 Å². The van der Waals surface area contributed by atoms with Gasteiger partial charge in [-0.15, -0.1) is 0 Å². The lowest BCUT2D eigenvalue weighted by molar-refractivity contribution is -0.135. The molecule has 2 amide bonds. The van der Waals surface area contributed by atoms with Crippen LogP contribution in [0.1, 0.15) is 38.4 Å². The Hall–Kier alpha value is -1.85. The summed E-state index contributed by atoms with van der Waals surface area (Å²) in [6, 6.07) is 1.83. The molecular formula is C14H22N4O2. The van der Waals surface area contributed by atoms with E-state index in [1.165, 1.54) is 0 Å². The van der Waals surface area contributed by atoms with Gasteiger partial charge in [-0.25, -0.2) is 0 Å². The van der Waals surface area contributed by atoms with Crippen molar-refractivity contribution in [2.24, 2.45) is 5.92 Å². The smallest absolute Gasteiger partial charge is 0.223 e. The third-order valence-electron chi connectivity index (χ3n) is 3.52. The van der Waals surface area contributed by atoms with Crippen LogP contribution in [-0.2, 0) is 16.1 Å². The topological polar surface area (TPSA) is 67.2 Å². The van der Waals surface area contributed by atoms with Gasteiger partial charge >= 0.3 is 0 Å². The van der Waals surface area contributed by atoms with Gasteiger partial charge in [0.05, 0.1) is 24.7 Å². The van der Waals surface area contributed by atoms with E-state index in [-0.39, 0.29) is 17.9 Å². The zero-order valence-electron chi connectivity index (χ0n) is 12.3. The zero-order valence-corrected chi connectivity index (χ0v) is 12.3. The van der Waals surface area contributed by atoms with Gasteiger partial charge in [0.25, 0.3) is 0 Å². The number of aromatic nitrogens is 2. The van der Waals surface area contributed by atoms with E-state index < -0.39 is 0 Å². The molecule has 0 saturated heterocycles. The summed E-state index contributed by atoms with van der Waals surface area (Å²) in [5.74, 6) is 0.454. The lowest BCUT2D eigenvalue weighted by atomic mass is 10.1. The quantitative estimate of drug-likeness (QED) is 0.891. The summed E-state index contributed by atoms with van der Waals surface area (Å²) in [5, 5.41) is 6.91. The first-order valence-corrected chi connectivity index (χ1v) is 7.02. The average molecular weight is 278 g/mol. The van der Waals surface area contributed by atoms with Crippen LogP contribution < -0.4 is 5.32 Å². The molecule has 0 aliphatic carbocycles.